The van der Waals surface area contributed by atoms with E-state index in [1.54, 1.807) is 4.57 Å². The van der Waals surface area contributed by atoms with Gasteiger partial charge in [0, 0.05) is 17.7 Å². The van der Waals surface area contributed by atoms with Crippen LogP contribution in [0.3, 0.4) is 0 Å². The summed E-state index contributed by atoms with van der Waals surface area (Å²) in [6.07, 6.45) is 0. The van der Waals surface area contributed by atoms with Gasteiger partial charge in [0.15, 0.2) is 10.6 Å². The van der Waals surface area contributed by atoms with Crippen molar-refractivity contribution in [3.8, 4) is 22.8 Å². The lowest BCUT2D eigenvalue weighted by Crippen LogP contribution is -2.27. The molecule has 0 spiro atoms. The summed E-state index contributed by atoms with van der Waals surface area (Å²) in [4.78, 5) is 20.6. The number of carbonyl (C=O) groups is 1. The molecule has 1 amide bonds. The van der Waals surface area contributed by atoms with Gasteiger partial charge in [0.25, 0.3) is 0 Å². The summed E-state index contributed by atoms with van der Waals surface area (Å²) in [5.41, 5.74) is 5.96. The van der Waals surface area contributed by atoms with Gasteiger partial charge >= 0.3 is 0 Å². The van der Waals surface area contributed by atoms with Gasteiger partial charge in [-0.2, -0.15) is 5.10 Å². The number of benzene rings is 3. The maximum atomic E-state index is 12.6. The van der Waals surface area contributed by atoms with E-state index in [0.29, 0.717) is 17.1 Å². The van der Waals surface area contributed by atoms with E-state index < -0.39 is 0 Å². The Hall–Kier alpha value is -4.04. The zero-order chi connectivity index (χ0) is 22.8. The smallest absolute Gasteiger partial charge is 0.240 e. The Morgan fingerprint density at radius 2 is 1.85 bits per heavy atom. The largest absolute Gasteiger partial charge is 0.350 e. The zero-order valence-electron chi connectivity index (χ0n) is 18.0. The van der Waals surface area contributed by atoms with Crippen LogP contribution in [0.4, 0.5) is 0 Å². The summed E-state index contributed by atoms with van der Waals surface area (Å²) < 4.78 is 2.13. The van der Waals surface area contributed by atoms with Crippen molar-refractivity contribution in [1.29, 1.82) is 0 Å². The molecule has 0 atom stereocenters. The number of carbonyl (C=O) groups excluding carboxylic acids is 1. The fourth-order valence-corrected chi connectivity index (χ4v) is 3.94. The van der Waals surface area contributed by atoms with Gasteiger partial charge < -0.3 is 10.3 Å². The van der Waals surface area contributed by atoms with Crippen molar-refractivity contribution in [3.05, 3.63) is 88.7 Å². The minimum atomic E-state index is -0.136. The third-order valence-corrected chi connectivity index (χ3v) is 5.75. The monoisotopic (exact) mass is 454 g/mol. The molecule has 0 saturated heterocycles. The normalized spacial score (nSPS) is 11.1. The molecule has 7 nitrogen and oxygen atoms in total. The summed E-state index contributed by atoms with van der Waals surface area (Å²) >= 11 is 5.34. The highest BCUT2D eigenvalue weighted by molar-refractivity contribution is 7.71. The molecule has 8 heteroatoms. The Morgan fingerprint density at radius 1 is 1.03 bits per heavy atom. The van der Waals surface area contributed by atoms with Crippen molar-refractivity contribution in [2.24, 2.45) is 0 Å². The first-order chi connectivity index (χ1) is 16.1. The van der Waals surface area contributed by atoms with Crippen LogP contribution in [-0.2, 0) is 17.9 Å². The van der Waals surface area contributed by atoms with E-state index in [1.807, 2.05) is 79.7 Å². The molecule has 0 aliphatic carbocycles. The topological polar surface area (TPSA) is 91.4 Å². The molecule has 5 aromatic rings. The highest BCUT2D eigenvalue weighted by Crippen LogP contribution is 2.21. The number of hydrogen-bond donors (Lipinski definition) is 3. The first-order valence-electron chi connectivity index (χ1n) is 10.6. The Balaban J connectivity index is 1.25. The summed E-state index contributed by atoms with van der Waals surface area (Å²) in [7, 11) is 0. The third-order valence-electron chi connectivity index (χ3n) is 5.44. The van der Waals surface area contributed by atoms with Crippen LogP contribution in [0, 0.1) is 11.7 Å². The molecule has 3 N–H and O–H groups in total. The van der Waals surface area contributed by atoms with Crippen molar-refractivity contribution >= 4 is 29.2 Å². The van der Waals surface area contributed by atoms with Crippen molar-refractivity contribution < 1.29 is 4.79 Å². The first kappa shape index (κ1) is 20.8. The highest BCUT2D eigenvalue weighted by Gasteiger charge is 2.13. The molecule has 3 aromatic carbocycles. The molecule has 0 aliphatic heterocycles. The fourth-order valence-electron chi connectivity index (χ4n) is 3.74. The van der Waals surface area contributed by atoms with Crippen LogP contribution in [0.5, 0.6) is 0 Å². The van der Waals surface area contributed by atoms with Gasteiger partial charge in [0.2, 0.25) is 5.91 Å². The Bertz CT molecular complexity index is 1460. The first-order valence-corrected chi connectivity index (χ1v) is 11.0. The Labute approximate surface area is 195 Å². The molecule has 0 radical (unpaired) electrons. The van der Waals surface area contributed by atoms with Crippen molar-refractivity contribution in [2.75, 3.05) is 0 Å². The van der Waals surface area contributed by atoms with Gasteiger partial charge in [0.1, 0.15) is 12.4 Å². The minimum absolute atomic E-state index is 0.0929. The van der Waals surface area contributed by atoms with E-state index in [-0.39, 0.29) is 12.5 Å². The second-order valence-electron chi connectivity index (χ2n) is 7.88. The van der Waals surface area contributed by atoms with Gasteiger partial charge in [-0.05, 0) is 42.9 Å². The molecule has 0 bridgehead atoms. The number of rotatable bonds is 6. The SMILES string of the molecule is Cc1cccc(-c2n[nH]c(=S)n2CC(=O)NCc2ccc(-c3nc4ccccc4[nH]3)cc2)c1. The molecule has 2 heterocycles. The van der Waals surface area contributed by atoms with E-state index in [9.17, 15) is 4.79 Å². The summed E-state index contributed by atoms with van der Waals surface area (Å²) in [6.45, 7) is 2.53. The lowest BCUT2D eigenvalue weighted by atomic mass is 10.1. The predicted octanol–water partition coefficient (Wildman–Crippen LogP) is 4.78. The maximum Gasteiger partial charge on any atom is 0.240 e. The quantitative estimate of drug-likeness (QED) is 0.322. The number of amides is 1. The van der Waals surface area contributed by atoms with Gasteiger partial charge in [-0.1, -0.05) is 60.2 Å². The lowest BCUT2D eigenvalue weighted by Gasteiger charge is -2.09. The number of H-pyrrole nitrogens is 2. The Kier molecular flexibility index (Phi) is 5.58. The zero-order valence-corrected chi connectivity index (χ0v) is 18.8. The molecule has 5 rings (SSSR count). The van der Waals surface area contributed by atoms with Crippen molar-refractivity contribution in [1.82, 2.24) is 30.0 Å². The average molecular weight is 455 g/mol. The van der Waals surface area contributed by atoms with E-state index in [4.69, 9.17) is 12.2 Å². The molecule has 0 unspecified atom stereocenters. The lowest BCUT2D eigenvalue weighted by molar-refractivity contribution is -0.121. The van der Waals surface area contributed by atoms with Crippen LogP contribution in [0.1, 0.15) is 11.1 Å². The summed E-state index contributed by atoms with van der Waals surface area (Å²) in [6, 6.07) is 23.9. The van der Waals surface area contributed by atoms with E-state index in [0.717, 1.165) is 39.1 Å². The second kappa shape index (κ2) is 8.84. The number of hydrogen-bond acceptors (Lipinski definition) is 4. The predicted molar refractivity (Wildman–Crippen MR) is 131 cm³/mol. The molecular formula is C25H22N6OS. The average Bonchev–Trinajstić information content (AvgIpc) is 3.42. The van der Waals surface area contributed by atoms with Crippen LogP contribution < -0.4 is 5.32 Å². The fraction of sp³-hybridized carbons (Fsp3) is 0.120. The number of fused-ring (bicyclic) bond motifs is 1. The minimum Gasteiger partial charge on any atom is -0.350 e. The number of aromatic amines is 2. The maximum absolute atomic E-state index is 12.6. The highest BCUT2D eigenvalue weighted by atomic mass is 32.1. The van der Waals surface area contributed by atoms with E-state index >= 15 is 0 Å². The molecule has 33 heavy (non-hydrogen) atoms. The number of para-hydroxylation sites is 2. The van der Waals surface area contributed by atoms with Gasteiger partial charge in [-0.25, -0.2) is 4.98 Å². The van der Waals surface area contributed by atoms with Crippen molar-refractivity contribution in [3.63, 3.8) is 0 Å². The Morgan fingerprint density at radius 3 is 2.64 bits per heavy atom. The molecular weight excluding hydrogens is 432 g/mol. The van der Waals surface area contributed by atoms with Crippen LogP contribution >= 0.6 is 12.2 Å². The van der Waals surface area contributed by atoms with Gasteiger partial charge in [-0.15, -0.1) is 0 Å². The standard InChI is InChI=1S/C25H22N6OS/c1-16-5-4-6-19(13-16)24-29-30-25(33)31(24)15-22(32)26-14-17-9-11-18(12-10-17)23-27-20-7-2-3-8-21(20)28-23/h2-13H,14-15H2,1H3,(H,26,32)(H,27,28)(H,30,33). The third kappa shape index (κ3) is 4.47. The number of nitrogens with zero attached hydrogens (tertiary/aromatic N) is 3. The van der Waals surface area contributed by atoms with Gasteiger partial charge in [0.05, 0.1) is 11.0 Å². The van der Waals surface area contributed by atoms with Crippen LogP contribution in [0.25, 0.3) is 33.8 Å². The number of nitrogens with one attached hydrogen (secondary N) is 3. The van der Waals surface area contributed by atoms with E-state index in [2.05, 4.69) is 25.5 Å². The second-order valence-corrected chi connectivity index (χ2v) is 8.27. The number of aromatic nitrogens is 5. The van der Waals surface area contributed by atoms with E-state index in [1.165, 1.54) is 0 Å². The number of imidazole rings is 1. The molecule has 0 saturated carbocycles. The van der Waals surface area contributed by atoms with Crippen LogP contribution in [-0.4, -0.2) is 30.6 Å². The summed E-state index contributed by atoms with van der Waals surface area (Å²) in [5.74, 6) is 1.33. The van der Waals surface area contributed by atoms with Crippen molar-refractivity contribution in [2.45, 2.75) is 20.0 Å². The molecule has 0 fully saturated rings. The molecule has 164 valence electrons. The molecule has 2 aromatic heterocycles. The van der Waals surface area contributed by atoms with Gasteiger partial charge in [-0.3, -0.25) is 14.5 Å². The number of aryl methyl sites for hydroxylation is 1. The van der Waals surface area contributed by atoms with Crippen LogP contribution in [0.2, 0.25) is 0 Å². The molecule has 0 aliphatic rings. The van der Waals surface area contributed by atoms with Crippen LogP contribution in [0.15, 0.2) is 72.8 Å². The summed E-state index contributed by atoms with van der Waals surface area (Å²) in [5, 5.41) is 10.1.